The lowest BCUT2D eigenvalue weighted by atomic mass is 9.99. The molecule has 12 nitrogen and oxygen atoms in total. The maximum atomic E-state index is 12.1. The number of methoxy groups -OCH3 is 1. The van der Waals surface area contributed by atoms with E-state index < -0.39 is 56.0 Å². The van der Waals surface area contributed by atoms with Crippen LogP contribution in [0.5, 0.6) is 5.75 Å². The van der Waals surface area contributed by atoms with Crippen molar-refractivity contribution in [2.45, 2.75) is 36.8 Å². The van der Waals surface area contributed by atoms with E-state index in [4.69, 9.17) is 14.2 Å². The summed E-state index contributed by atoms with van der Waals surface area (Å²) >= 11 is 0. The Morgan fingerprint density at radius 3 is 2.58 bits per heavy atom. The van der Waals surface area contributed by atoms with Crippen LogP contribution in [0.3, 0.4) is 0 Å². The van der Waals surface area contributed by atoms with Crippen molar-refractivity contribution in [1.82, 2.24) is 9.97 Å². The van der Waals surface area contributed by atoms with Crippen LogP contribution in [0.2, 0.25) is 0 Å². The molecule has 33 heavy (non-hydrogen) atoms. The van der Waals surface area contributed by atoms with Gasteiger partial charge in [-0.1, -0.05) is 12.1 Å². The molecule has 0 amide bonds. The summed E-state index contributed by atoms with van der Waals surface area (Å²) in [6, 6.07) is 6.36. The van der Waals surface area contributed by atoms with Crippen LogP contribution >= 0.6 is 0 Å². The molecule has 0 spiro atoms. The minimum atomic E-state index is -1.61. The summed E-state index contributed by atoms with van der Waals surface area (Å²) in [7, 11) is 1.19. The van der Waals surface area contributed by atoms with E-state index in [-0.39, 0.29) is 17.1 Å². The Hall–Kier alpha value is -2.84. The molecule has 12 heteroatoms. The number of hydrogen-bond acceptors (Lipinski definition) is 11. The third kappa shape index (κ3) is 4.02. The van der Waals surface area contributed by atoms with Gasteiger partial charge in [0, 0.05) is 10.8 Å². The van der Waals surface area contributed by atoms with Crippen molar-refractivity contribution in [2.75, 3.05) is 20.3 Å². The zero-order valence-electron chi connectivity index (χ0n) is 17.5. The van der Waals surface area contributed by atoms with Crippen LogP contribution in [-0.2, 0) is 9.47 Å². The molecule has 2 aromatic heterocycles. The van der Waals surface area contributed by atoms with Gasteiger partial charge in [0.25, 0.3) is 0 Å². The summed E-state index contributed by atoms with van der Waals surface area (Å²) in [5, 5.41) is 60.4. The Balaban J connectivity index is 1.82. The molecule has 1 aromatic carbocycles. The number of ether oxygens (including phenoxy) is 3. The molecule has 0 bridgehead atoms. The molecule has 4 rings (SSSR count). The largest absolute Gasteiger partial charge is 0.464 e. The molecule has 1 aliphatic rings. The number of aliphatic hydroxyl groups excluding tert-OH is 6. The molecule has 1 saturated heterocycles. The number of esters is 1. The van der Waals surface area contributed by atoms with Gasteiger partial charge in [-0.05, 0) is 12.1 Å². The summed E-state index contributed by atoms with van der Waals surface area (Å²) in [5.41, 5.74) is 0.669. The zero-order valence-corrected chi connectivity index (χ0v) is 17.5. The van der Waals surface area contributed by atoms with Crippen LogP contribution in [-0.4, -0.2) is 97.6 Å². The topological polar surface area (TPSA) is 195 Å². The molecule has 0 aliphatic carbocycles. The van der Waals surface area contributed by atoms with Crippen LogP contribution < -0.4 is 4.74 Å². The van der Waals surface area contributed by atoms with E-state index in [0.717, 1.165) is 0 Å². The van der Waals surface area contributed by atoms with Gasteiger partial charge in [0.05, 0.1) is 37.1 Å². The van der Waals surface area contributed by atoms with Gasteiger partial charge in [-0.25, -0.2) is 9.78 Å². The van der Waals surface area contributed by atoms with Gasteiger partial charge < -0.3 is 49.8 Å². The predicted molar refractivity (Wildman–Crippen MR) is 111 cm³/mol. The van der Waals surface area contributed by atoms with Crippen molar-refractivity contribution in [2.24, 2.45) is 0 Å². The second kappa shape index (κ2) is 9.19. The molecule has 1 fully saturated rings. The number of H-pyrrole nitrogens is 1. The first kappa shape index (κ1) is 23.3. The first-order valence-corrected chi connectivity index (χ1v) is 10.1. The van der Waals surface area contributed by atoms with E-state index in [1.54, 1.807) is 18.2 Å². The molecule has 0 saturated carbocycles. The third-order valence-electron chi connectivity index (χ3n) is 5.59. The second-order valence-corrected chi connectivity index (χ2v) is 7.62. The number of fused-ring (bicyclic) bond motifs is 3. The van der Waals surface area contributed by atoms with E-state index in [0.29, 0.717) is 21.8 Å². The van der Waals surface area contributed by atoms with Crippen molar-refractivity contribution in [3.63, 3.8) is 0 Å². The average Bonchev–Trinajstić information content (AvgIpc) is 3.22. The summed E-state index contributed by atoms with van der Waals surface area (Å²) in [6.07, 6.45) is -8.70. The summed E-state index contributed by atoms with van der Waals surface area (Å²) in [4.78, 5) is 19.3. The number of aliphatic hydroxyl groups is 6. The molecule has 1 aliphatic heterocycles. The average molecular weight is 464 g/mol. The van der Waals surface area contributed by atoms with Gasteiger partial charge in [-0.3, -0.25) is 0 Å². The number of aromatic amines is 1. The SMILES string of the molecule is COC(=O)c1cc2c([nH]c3c(OC4OC(CO)C(O)C(O)C4O)cccc32)c(C(O)CO)n1. The molecule has 178 valence electrons. The lowest BCUT2D eigenvalue weighted by Gasteiger charge is -2.39. The third-order valence-corrected chi connectivity index (χ3v) is 5.59. The quantitative estimate of drug-likeness (QED) is 0.214. The zero-order chi connectivity index (χ0) is 23.9. The van der Waals surface area contributed by atoms with Gasteiger partial charge in [0.1, 0.15) is 42.0 Å². The van der Waals surface area contributed by atoms with E-state index >= 15 is 0 Å². The van der Waals surface area contributed by atoms with Gasteiger partial charge in [-0.15, -0.1) is 0 Å². The predicted octanol–water partition coefficient (Wildman–Crippen LogP) is -1.29. The Morgan fingerprint density at radius 1 is 1.15 bits per heavy atom. The van der Waals surface area contributed by atoms with Crippen LogP contribution in [0.25, 0.3) is 21.8 Å². The van der Waals surface area contributed by atoms with Crippen molar-refractivity contribution < 1.29 is 49.6 Å². The molecular weight excluding hydrogens is 440 g/mol. The van der Waals surface area contributed by atoms with Crippen molar-refractivity contribution in [3.05, 3.63) is 35.7 Å². The Bertz CT molecular complexity index is 1160. The fourth-order valence-corrected chi connectivity index (χ4v) is 3.84. The number of aromatic nitrogens is 2. The van der Waals surface area contributed by atoms with Gasteiger partial charge in [0.15, 0.2) is 0 Å². The number of nitrogens with one attached hydrogen (secondary N) is 1. The number of rotatable bonds is 6. The molecule has 3 aromatic rings. The monoisotopic (exact) mass is 464 g/mol. The Labute approximate surface area is 186 Å². The highest BCUT2D eigenvalue weighted by Crippen LogP contribution is 2.36. The maximum absolute atomic E-state index is 12.1. The van der Waals surface area contributed by atoms with E-state index in [1.165, 1.54) is 13.2 Å². The first-order chi connectivity index (χ1) is 15.8. The number of pyridine rings is 1. The van der Waals surface area contributed by atoms with Crippen LogP contribution in [0, 0.1) is 0 Å². The van der Waals surface area contributed by atoms with Gasteiger partial charge in [0.2, 0.25) is 6.29 Å². The highest BCUT2D eigenvalue weighted by molar-refractivity contribution is 6.11. The highest BCUT2D eigenvalue weighted by Gasteiger charge is 2.44. The Kier molecular flexibility index (Phi) is 6.50. The number of benzene rings is 1. The number of hydrogen-bond donors (Lipinski definition) is 7. The smallest absolute Gasteiger partial charge is 0.356 e. The molecule has 0 radical (unpaired) electrons. The van der Waals surface area contributed by atoms with Gasteiger partial charge >= 0.3 is 5.97 Å². The fraction of sp³-hybridized carbons (Fsp3) is 0.429. The normalized spacial score (nSPS) is 26.5. The number of nitrogens with zero attached hydrogens (tertiary/aromatic N) is 1. The summed E-state index contributed by atoms with van der Waals surface area (Å²) in [5.74, 6) is -0.552. The van der Waals surface area contributed by atoms with E-state index in [2.05, 4.69) is 9.97 Å². The molecule has 6 unspecified atom stereocenters. The van der Waals surface area contributed by atoms with Crippen molar-refractivity contribution >= 4 is 27.8 Å². The Morgan fingerprint density at radius 2 is 1.91 bits per heavy atom. The summed E-state index contributed by atoms with van der Waals surface area (Å²) < 4.78 is 15.9. The lowest BCUT2D eigenvalue weighted by molar-refractivity contribution is -0.277. The number of carbonyl (C=O) groups is 1. The highest BCUT2D eigenvalue weighted by atomic mass is 16.7. The maximum Gasteiger partial charge on any atom is 0.356 e. The van der Waals surface area contributed by atoms with Gasteiger partial charge in [-0.2, -0.15) is 0 Å². The van der Waals surface area contributed by atoms with Crippen molar-refractivity contribution in [1.29, 1.82) is 0 Å². The standard InChI is InChI=1S/C21H24N2O10/c1-31-20(30)10-5-9-8-3-2-4-12(14(8)23-15(9)16(22-10)11(26)6-24)32-21-19(29)18(28)17(27)13(7-25)33-21/h2-5,11,13,17-19,21,23-29H,6-7H2,1H3. The fourth-order valence-electron chi connectivity index (χ4n) is 3.84. The number of carbonyl (C=O) groups excluding carboxylic acids is 1. The summed E-state index contributed by atoms with van der Waals surface area (Å²) in [6.45, 7) is -1.25. The molecular formula is C21H24N2O10. The van der Waals surface area contributed by atoms with E-state index in [1.807, 2.05) is 0 Å². The lowest BCUT2D eigenvalue weighted by Crippen LogP contribution is -2.60. The van der Waals surface area contributed by atoms with Crippen molar-refractivity contribution in [3.8, 4) is 5.75 Å². The minimum Gasteiger partial charge on any atom is -0.464 e. The molecule has 3 heterocycles. The van der Waals surface area contributed by atoms with Crippen LogP contribution in [0.4, 0.5) is 0 Å². The van der Waals surface area contributed by atoms with Crippen LogP contribution in [0.15, 0.2) is 24.3 Å². The molecule has 6 atom stereocenters. The number of para-hydroxylation sites is 1. The second-order valence-electron chi connectivity index (χ2n) is 7.62. The van der Waals surface area contributed by atoms with E-state index in [9.17, 15) is 35.4 Å². The molecule has 7 N–H and O–H groups in total. The minimum absolute atomic E-state index is 0.0189. The first-order valence-electron chi connectivity index (χ1n) is 10.1. The van der Waals surface area contributed by atoms with Crippen LogP contribution in [0.1, 0.15) is 22.3 Å².